The van der Waals surface area contributed by atoms with Crippen molar-refractivity contribution in [1.82, 2.24) is 14.9 Å². The zero-order chi connectivity index (χ0) is 21.5. The van der Waals surface area contributed by atoms with E-state index >= 15 is 0 Å². The quantitative estimate of drug-likeness (QED) is 0.505. The maximum Gasteiger partial charge on any atom is 0.511 e. The van der Waals surface area contributed by atoms with Gasteiger partial charge in [-0.25, -0.2) is 8.42 Å². The van der Waals surface area contributed by atoms with Gasteiger partial charge in [-0.2, -0.15) is 17.5 Å². The highest BCUT2D eigenvalue weighted by molar-refractivity contribution is 7.90. The fourth-order valence-electron chi connectivity index (χ4n) is 3.10. The third-order valence-corrected chi connectivity index (χ3v) is 6.24. The predicted octanol–water partition coefficient (Wildman–Crippen LogP) is 2.11. The molecule has 0 unspecified atom stereocenters. The number of ether oxygens (including phenoxy) is 1. The summed E-state index contributed by atoms with van der Waals surface area (Å²) in [5.41, 5.74) is -4.20. The Balaban J connectivity index is 1.82. The molecule has 0 aliphatic carbocycles. The molecule has 0 amide bonds. The number of halogens is 3. The van der Waals surface area contributed by atoms with Crippen molar-refractivity contribution < 1.29 is 26.3 Å². The van der Waals surface area contributed by atoms with E-state index in [1.165, 1.54) is 0 Å². The minimum atomic E-state index is -5.26. The van der Waals surface area contributed by atoms with Crippen LogP contribution in [0.15, 0.2) is 29.3 Å². The minimum Gasteiger partial charge on any atom is -0.494 e. The summed E-state index contributed by atoms with van der Waals surface area (Å²) in [5, 5.41) is 6.32. The highest BCUT2D eigenvalue weighted by Gasteiger charge is 2.50. The van der Waals surface area contributed by atoms with Gasteiger partial charge >= 0.3 is 15.5 Å². The Bertz CT molecular complexity index is 792. The molecule has 0 aromatic heterocycles. The van der Waals surface area contributed by atoms with Crippen molar-refractivity contribution in [3.05, 3.63) is 29.8 Å². The number of benzene rings is 1. The summed E-state index contributed by atoms with van der Waals surface area (Å²) in [6.45, 7) is 2.73. The number of hydrogen-bond acceptors (Lipinski definition) is 4. The Kier molecular flexibility index (Phi) is 8.14. The normalized spacial score (nSPS) is 17.2. The number of alkyl halides is 3. The first-order valence-corrected chi connectivity index (χ1v) is 10.9. The molecule has 0 saturated carbocycles. The zero-order valence-electron chi connectivity index (χ0n) is 16.5. The average molecular weight is 437 g/mol. The van der Waals surface area contributed by atoms with E-state index in [-0.39, 0.29) is 32.0 Å². The van der Waals surface area contributed by atoms with Gasteiger partial charge in [-0.3, -0.25) is 4.99 Å². The van der Waals surface area contributed by atoms with Crippen molar-refractivity contribution in [1.29, 1.82) is 0 Å². The lowest BCUT2D eigenvalue weighted by Crippen LogP contribution is -2.51. The Morgan fingerprint density at radius 1 is 1.28 bits per heavy atom. The number of piperidine rings is 1. The Hall–Kier alpha value is -2.01. The molecular formula is C18H27F3N4O3S. The van der Waals surface area contributed by atoms with Crippen LogP contribution in [0.2, 0.25) is 0 Å². The largest absolute Gasteiger partial charge is 0.511 e. The van der Waals surface area contributed by atoms with Gasteiger partial charge in [-0.1, -0.05) is 18.2 Å². The van der Waals surface area contributed by atoms with Gasteiger partial charge < -0.3 is 15.4 Å². The van der Waals surface area contributed by atoms with Crippen LogP contribution in [0, 0.1) is 0 Å². The van der Waals surface area contributed by atoms with E-state index in [1.807, 2.05) is 31.2 Å². The zero-order valence-corrected chi connectivity index (χ0v) is 17.3. The third kappa shape index (κ3) is 6.23. The molecule has 1 aliphatic rings. The molecule has 1 aromatic rings. The number of aliphatic imine (C=N–C) groups is 1. The topological polar surface area (TPSA) is 83.0 Å². The van der Waals surface area contributed by atoms with Gasteiger partial charge in [0.2, 0.25) is 0 Å². The number of nitrogens with zero attached hydrogens (tertiary/aromatic N) is 2. The van der Waals surface area contributed by atoms with Crippen molar-refractivity contribution >= 4 is 16.0 Å². The van der Waals surface area contributed by atoms with Gasteiger partial charge in [-0.15, -0.1) is 0 Å². The highest BCUT2D eigenvalue weighted by atomic mass is 32.2. The van der Waals surface area contributed by atoms with Crippen molar-refractivity contribution in [3.8, 4) is 5.75 Å². The van der Waals surface area contributed by atoms with Crippen LogP contribution >= 0.6 is 0 Å². The fourth-order valence-corrected chi connectivity index (χ4v) is 4.08. The molecular weight excluding hydrogens is 409 g/mol. The molecule has 164 valence electrons. The molecule has 2 rings (SSSR count). The first kappa shape index (κ1) is 23.3. The molecule has 0 atom stereocenters. The highest BCUT2D eigenvalue weighted by Crippen LogP contribution is 2.28. The minimum absolute atomic E-state index is 0.156. The molecule has 29 heavy (non-hydrogen) atoms. The van der Waals surface area contributed by atoms with E-state index < -0.39 is 15.5 Å². The van der Waals surface area contributed by atoms with E-state index in [4.69, 9.17) is 4.74 Å². The van der Waals surface area contributed by atoms with Crippen molar-refractivity contribution in [2.24, 2.45) is 4.99 Å². The van der Waals surface area contributed by atoms with E-state index in [0.29, 0.717) is 29.8 Å². The summed E-state index contributed by atoms with van der Waals surface area (Å²) < 4.78 is 67.0. The number of hydrogen-bond donors (Lipinski definition) is 2. The van der Waals surface area contributed by atoms with Crippen LogP contribution in [0.25, 0.3) is 0 Å². The van der Waals surface area contributed by atoms with E-state index in [2.05, 4.69) is 15.6 Å². The molecule has 7 nitrogen and oxygen atoms in total. The summed E-state index contributed by atoms with van der Waals surface area (Å²) in [6, 6.07) is 7.59. The van der Waals surface area contributed by atoms with Crippen LogP contribution in [-0.2, 0) is 16.4 Å². The molecule has 0 spiro atoms. The summed E-state index contributed by atoms with van der Waals surface area (Å²) >= 11 is 0. The molecule has 1 fully saturated rings. The average Bonchev–Trinajstić information content (AvgIpc) is 2.68. The van der Waals surface area contributed by atoms with Crippen LogP contribution < -0.4 is 15.4 Å². The SMILES string of the molecule is CCOc1ccccc1CCNC(=NC)NC1CCN(S(=O)(=O)C(F)(F)F)CC1. The second-order valence-corrected chi connectivity index (χ2v) is 8.49. The lowest BCUT2D eigenvalue weighted by atomic mass is 10.1. The van der Waals surface area contributed by atoms with Gasteiger partial charge in [0.15, 0.2) is 5.96 Å². The van der Waals surface area contributed by atoms with Crippen molar-refractivity contribution in [2.75, 3.05) is 33.3 Å². The number of para-hydroxylation sites is 1. The van der Waals surface area contributed by atoms with Crippen LogP contribution in [0.3, 0.4) is 0 Å². The maximum absolute atomic E-state index is 12.7. The third-order valence-electron chi connectivity index (χ3n) is 4.61. The molecule has 11 heteroatoms. The maximum atomic E-state index is 12.7. The number of nitrogens with one attached hydrogen (secondary N) is 2. The van der Waals surface area contributed by atoms with E-state index in [9.17, 15) is 21.6 Å². The van der Waals surface area contributed by atoms with Crippen molar-refractivity contribution in [2.45, 2.75) is 37.7 Å². The summed E-state index contributed by atoms with van der Waals surface area (Å²) in [4.78, 5) is 4.13. The molecule has 0 radical (unpaired) electrons. The van der Waals surface area contributed by atoms with Gasteiger partial charge in [-0.05, 0) is 37.8 Å². The van der Waals surface area contributed by atoms with Crippen LogP contribution in [-0.4, -0.2) is 63.5 Å². The van der Waals surface area contributed by atoms with Gasteiger partial charge in [0, 0.05) is 32.7 Å². The number of sulfonamides is 1. The van der Waals surface area contributed by atoms with Gasteiger partial charge in [0.1, 0.15) is 5.75 Å². The van der Waals surface area contributed by atoms with E-state index in [0.717, 1.165) is 11.3 Å². The molecule has 0 bridgehead atoms. The first-order chi connectivity index (χ1) is 13.7. The second-order valence-electron chi connectivity index (χ2n) is 6.56. The first-order valence-electron chi connectivity index (χ1n) is 9.43. The monoisotopic (exact) mass is 436 g/mol. The fraction of sp³-hybridized carbons (Fsp3) is 0.611. The second kappa shape index (κ2) is 10.1. The van der Waals surface area contributed by atoms with Crippen LogP contribution in [0.5, 0.6) is 5.75 Å². The summed E-state index contributed by atoms with van der Waals surface area (Å²) in [6.07, 6.45) is 1.24. The van der Waals surface area contributed by atoms with Crippen LogP contribution in [0.4, 0.5) is 13.2 Å². The predicted molar refractivity (Wildman–Crippen MR) is 105 cm³/mol. The molecule has 1 saturated heterocycles. The molecule has 1 aromatic carbocycles. The Labute approximate surface area is 169 Å². The molecule has 2 N–H and O–H groups in total. The molecule has 1 heterocycles. The molecule has 1 aliphatic heterocycles. The summed E-state index contributed by atoms with van der Waals surface area (Å²) in [5.74, 6) is 1.36. The number of rotatable bonds is 7. The Morgan fingerprint density at radius 3 is 2.52 bits per heavy atom. The van der Waals surface area contributed by atoms with Crippen molar-refractivity contribution in [3.63, 3.8) is 0 Å². The Morgan fingerprint density at radius 2 is 1.93 bits per heavy atom. The standard InChI is InChI=1S/C18H27F3N4O3S/c1-3-28-16-7-5-4-6-14(16)8-11-23-17(22-2)24-15-9-12-25(13-10-15)29(26,27)18(19,20)21/h4-7,15H,3,8-13H2,1-2H3,(H2,22,23,24). The summed E-state index contributed by atoms with van der Waals surface area (Å²) in [7, 11) is -3.66. The van der Waals surface area contributed by atoms with Gasteiger partial charge in [0.05, 0.1) is 6.61 Å². The number of guanidine groups is 1. The lowest BCUT2D eigenvalue weighted by molar-refractivity contribution is -0.0494. The van der Waals surface area contributed by atoms with E-state index in [1.54, 1.807) is 7.05 Å². The van der Waals surface area contributed by atoms with Gasteiger partial charge in [0.25, 0.3) is 0 Å². The lowest BCUT2D eigenvalue weighted by Gasteiger charge is -2.32. The smallest absolute Gasteiger partial charge is 0.494 e. The van der Waals surface area contributed by atoms with Crippen LogP contribution in [0.1, 0.15) is 25.3 Å².